The number of benzene rings is 2. The first-order valence-corrected chi connectivity index (χ1v) is 8.68. The lowest BCUT2D eigenvalue weighted by molar-refractivity contribution is -0.141. The van der Waals surface area contributed by atoms with Crippen molar-refractivity contribution in [1.29, 1.82) is 0 Å². The maximum Gasteiger partial charge on any atom is 0.576 e. The molecule has 0 aliphatic heterocycles. The van der Waals surface area contributed by atoms with Gasteiger partial charge in [0.15, 0.2) is 0 Å². The van der Waals surface area contributed by atoms with E-state index in [0.717, 1.165) is 11.1 Å². The van der Waals surface area contributed by atoms with Crippen molar-refractivity contribution < 1.29 is 28.4 Å². The molecule has 0 radical (unpaired) electrons. The zero-order valence-corrected chi connectivity index (χ0v) is 15.6. The minimum absolute atomic E-state index is 0.0565. The number of hydrogen-bond acceptors (Lipinski definition) is 6. The van der Waals surface area contributed by atoms with E-state index in [9.17, 15) is 9.59 Å². The molecule has 0 amide bonds. The third kappa shape index (κ3) is 7.44. The van der Waals surface area contributed by atoms with Crippen molar-refractivity contribution in [2.75, 3.05) is 14.2 Å². The van der Waals surface area contributed by atoms with Gasteiger partial charge in [-0.2, -0.15) is 0 Å². The minimum atomic E-state index is -0.239. The van der Waals surface area contributed by atoms with Gasteiger partial charge in [-0.1, -0.05) is 24.3 Å². The summed E-state index contributed by atoms with van der Waals surface area (Å²) in [5, 5.41) is 0. The molecule has 6 nitrogen and oxygen atoms in total. The van der Waals surface area contributed by atoms with Crippen LogP contribution in [0.1, 0.15) is 24.0 Å². The van der Waals surface area contributed by atoms with Crippen LogP contribution in [-0.4, -0.2) is 33.8 Å². The van der Waals surface area contributed by atoms with E-state index in [1.807, 2.05) is 48.5 Å². The molecule has 0 heterocycles. The van der Waals surface area contributed by atoms with Crippen LogP contribution in [0.15, 0.2) is 48.5 Å². The zero-order valence-electron chi connectivity index (χ0n) is 15.6. The fourth-order valence-electron chi connectivity index (χ4n) is 2.44. The fraction of sp³-hybridized carbons (Fsp3) is 0.300. The third-order valence-electron chi connectivity index (χ3n) is 3.94. The predicted octanol–water partition coefficient (Wildman–Crippen LogP) is 2.62. The summed E-state index contributed by atoms with van der Waals surface area (Å²) in [5.41, 5.74) is 1.98. The van der Waals surface area contributed by atoms with E-state index in [0.29, 0.717) is 37.2 Å². The average molecular weight is 370 g/mol. The Hall–Kier alpha value is -2.96. The molecule has 0 aliphatic rings. The molecule has 2 aromatic rings. The molecule has 0 fully saturated rings. The Labute approximate surface area is 159 Å². The fourth-order valence-corrected chi connectivity index (χ4v) is 2.44. The number of aryl methyl sites for hydroxylation is 2. The number of esters is 2. The lowest BCUT2D eigenvalue weighted by Gasteiger charge is -2.10. The number of methoxy groups -OCH3 is 2. The van der Waals surface area contributed by atoms with E-state index in [2.05, 4.69) is 9.47 Å². The highest BCUT2D eigenvalue weighted by atomic mass is 16.6. The molecule has 27 heavy (non-hydrogen) atoms. The molecule has 7 heteroatoms. The smallest absolute Gasteiger partial charge is 0.529 e. The van der Waals surface area contributed by atoms with Crippen molar-refractivity contribution in [3.05, 3.63) is 59.7 Å². The first kappa shape index (κ1) is 20.4. The Balaban J connectivity index is 1.82. The summed E-state index contributed by atoms with van der Waals surface area (Å²) in [6, 6.07) is 15.0. The highest BCUT2D eigenvalue weighted by molar-refractivity contribution is 6.20. The molecule has 0 N–H and O–H groups in total. The summed E-state index contributed by atoms with van der Waals surface area (Å²) in [6.07, 6.45) is 1.84. The molecule has 2 rings (SSSR count). The molecule has 0 saturated heterocycles. The van der Waals surface area contributed by atoms with Crippen LogP contribution in [0.25, 0.3) is 0 Å². The van der Waals surface area contributed by atoms with Gasteiger partial charge in [0.25, 0.3) is 0 Å². The third-order valence-corrected chi connectivity index (χ3v) is 3.94. The molecule has 0 spiro atoms. The van der Waals surface area contributed by atoms with Gasteiger partial charge in [0.1, 0.15) is 11.5 Å². The van der Waals surface area contributed by atoms with Gasteiger partial charge in [-0.05, 0) is 48.2 Å². The van der Waals surface area contributed by atoms with Crippen LogP contribution in [0.4, 0.5) is 0 Å². The zero-order chi connectivity index (χ0) is 19.5. The van der Waals surface area contributed by atoms with Crippen molar-refractivity contribution in [2.45, 2.75) is 25.7 Å². The number of carbonyl (C=O) groups excluding carboxylic acids is 2. The average Bonchev–Trinajstić information content (AvgIpc) is 2.70. The second-order valence-electron chi connectivity index (χ2n) is 5.85. The first-order chi connectivity index (χ1) is 13.1. The largest absolute Gasteiger partial charge is 0.576 e. The Morgan fingerprint density at radius 2 is 1.22 bits per heavy atom. The van der Waals surface area contributed by atoms with Gasteiger partial charge in [0.2, 0.25) is 0 Å². The van der Waals surface area contributed by atoms with Gasteiger partial charge in [-0.3, -0.25) is 9.59 Å². The molecule has 2 aromatic carbocycles. The van der Waals surface area contributed by atoms with E-state index >= 15 is 0 Å². The van der Waals surface area contributed by atoms with Crippen LogP contribution in [0.2, 0.25) is 0 Å². The Bertz CT molecular complexity index is 698. The van der Waals surface area contributed by atoms with Crippen molar-refractivity contribution >= 4 is 19.6 Å². The highest BCUT2D eigenvalue weighted by Crippen LogP contribution is 2.17. The Morgan fingerprint density at radius 3 is 1.63 bits per heavy atom. The molecular formula is C20H23BO6. The predicted molar refractivity (Wildman–Crippen MR) is 102 cm³/mol. The van der Waals surface area contributed by atoms with Crippen molar-refractivity contribution in [3.8, 4) is 11.5 Å². The molecule has 0 aliphatic carbocycles. The van der Waals surface area contributed by atoms with E-state index in [4.69, 9.17) is 9.31 Å². The SMILES string of the molecule is COC(=O)CCc1cccc(OBOc2cccc(CCC(=O)OC)c2)c1. The summed E-state index contributed by atoms with van der Waals surface area (Å²) < 4.78 is 20.5. The lowest BCUT2D eigenvalue weighted by atomic mass is 10.1. The van der Waals surface area contributed by atoms with Gasteiger partial charge < -0.3 is 18.8 Å². The van der Waals surface area contributed by atoms with E-state index in [1.165, 1.54) is 14.2 Å². The number of ether oxygens (including phenoxy) is 2. The van der Waals surface area contributed by atoms with Crippen LogP contribution in [0, 0.1) is 0 Å². The molecule has 0 unspecified atom stereocenters. The maximum absolute atomic E-state index is 11.2. The van der Waals surface area contributed by atoms with Gasteiger partial charge in [0.05, 0.1) is 14.2 Å². The molecule has 0 bridgehead atoms. The van der Waals surface area contributed by atoms with Crippen molar-refractivity contribution in [3.63, 3.8) is 0 Å². The second kappa shape index (κ2) is 10.9. The van der Waals surface area contributed by atoms with E-state index in [-0.39, 0.29) is 19.6 Å². The Morgan fingerprint density at radius 1 is 0.778 bits per heavy atom. The maximum atomic E-state index is 11.2. The second-order valence-corrected chi connectivity index (χ2v) is 5.85. The molecule has 142 valence electrons. The van der Waals surface area contributed by atoms with Gasteiger partial charge in [-0.15, -0.1) is 0 Å². The first-order valence-electron chi connectivity index (χ1n) is 8.68. The van der Waals surface area contributed by atoms with Crippen LogP contribution in [-0.2, 0) is 31.9 Å². The summed E-state index contributed by atoms with van der Waals surface area (Å²) in [7, 11) is 2.81. The quantitative estimate of drug-likeness (QED) is 0.473. The standard InChI is InChI=1S/C20H23BO6/c1-24-19(22)11-9-15-5-3-7-17(13-15)26-21-27-18-8-4-6-16(14-18)10-12-20(23)25-2/h3-8,13-14,21H,9-12H2,1-2H3. The topological polar surface area (TPSA) is 71.1 Å². The van der Waals surface area contributed by atoms with Crippen LogP contribution >= 0.6 is 0 Å². The Kier molecular flexibility index (Phi) is 8.22. The molecular weight excluding hydrogens is 347 g/mol. The summed E-state index contributed by atoms with van der Waals surface area (Å²) in [6.45, 7) is 0. The summed E-state index contributed by atoms with van der Waals surface area (Å²) in [4.78, 5) is 22.5. The van der Waals surface area contributed by atoms with Gasteiger partial charge >= 0.3 is 19.6 Å². The number of hydrogen-bond donors (Lipinski definition) is 0. The van der Waals surface area contributed by atoms with Crippen molar-refractivity contribution in [1.82, 2.24) is 0 Å². The van der Waals surface area contributed by atoms with Gasteiger partial charge in [-0.25, -0.2) is 0 Å². The van der Waals surface area contributed by atoms with E-state index < -0.39 is 0 Å². The lowest BCUT2D eigenvalue weighted by Crippen LogP contribution is -2.11. The molecule has 0 atom stereocenters. The van der Waals surface area contributed by atoms with E-state index in [1.54, 1.807) is 0 Å². The van der Waals surface area contributed by atoms with Crippen LogP contribution < -0.4 is 9.31 Å². The summed E-state index contributed by atoms with van der Waals surface area (Å²) in [5.74, 6) is 0.854. The molecule has 0 saturated carbocycles. The minimum Gasteiger partial charge on any atom is -0.529 e. The highest BCUT2D eigenvalue weighted by Gasteiger charge is 2.06. The van der Waals surface area contributed by atoms with Crippen LogP contribution in [0.3, 0.4) is 0 Å². The number of carbonyl (C=O) groups is 2. The monoisotopic (exact) mass is 370 g/mol. The van der Waals surface area contributed by atoms with Gasteiger partial charge in [0, 0.05) is 12.8 Å². The van der Waals surface area contributed by atoms with Crippen molar-refractivity contribution in [2.24, 2.45) is 0 Å². The van der Waals surface area contributed by atoms with Crippen LogP contribution in [0.5, 0.6) is 11.5 Å². The molecule has 0 aromatic heterocycles. The summed E-state index contributed by atoms with van der Waals surface area (Å²) >= 11 is 0. The normalized spacial score (nSPS) is 10.0. The number of rotatable bonds is 10.